The summed E-state index contributed by atoms with van der Waals surface area (Å²) in [5.41, 5.74) is 7.22. The first-order chi connectivity index (χ1) is 23.8. The number of para-hydroxylation sites is 3. The largest absolute Gasteiger partial charge is 0.438 e. The van der Waals surface area contributed by atoms with Gasteiger partial charge in [-0.05, 0) is 41.8 Å². The number of furan rings is 1. The van der Waals surface area contributed by atoms with Crippen LogP contribution in [0.4, 0.5) is 0 Å². The zero-order valence-corrected chi connectivity index (χ0v) is 25.6. The SMILES string of the molecule is c1ccc(-c2nc(-c3ccc4c(n3)oc3ccccc34)nc(-c3cccc4c(-n5c6ccccc6c6ccccc65)cccc34)n2)cc1. The van der Waals surface area contributed by atoms with Crippen LogP contribution in [0.1, 0.15) is 0 Å². The Hall–Kier alpha value is -6.66. The minimum absolute atomic E-state index is 0.483. The van der Waals surface area contributed by atoms with Gasteiger partial charge < -0.3 is 8.98 Å². The molecule has 4 aromatic heterocycles. The van der Waals surface area contributed by atoms with E-state index in [-0.39, 0.29) is 0 Å². The summed E-state index contributed by atoms with van der Waals surface area (Å²) in [6.07, 6.45) is 0. The fraction of sp³-hybridized carbons (Fsp3) is 0. The first kappa shape index (κ1) is 26.5. The number of nitrogens with zero attached hydrogens (tertiary/aromatic N) is 5. The fourth-order valence-electron chi connectivity index (χ4n) is 6.92. The second-order valence-corrected chi connectivity index (χ2v) is 11.9. The highest BCUT2D eigenvalue weighted by Crippen LogP contribution is 2.37. The van der Waals surface area contributed by atoms with Crippen molar-refractivity contribution >= 4 is 54.6 Å². The van der Waals surface area contributed by atoms with Crippen molar-refractivity contribution in [1.29, 1.82) is 0 Å². The van der Waals surface area contributed by atoms with E-state index >= 15 is 0 Å². The van der Waals surface area contributed by atoms with Crippen molar-refractivity contribution in [2.45, 2.75) is 0 Å². The highest BCUT2D eigenvalue weighted by Gasteiger charge is 2.19. The zero-order valence-electron chi connectivity index (χ0n) is 25.6. The van der Waals surface area contributed by atoms with Crippen molar-refractivity contribution in [1.82, 2.24) is 24.5 Å². The molecule has 224 valence electrons. The molecule has 0 unspecified atom stereocenters. The Morgan fingerprint density at radius 3 is 1.83 bits per heavy atom. The molecule has 0 spiro atoms. The van der Waals surface area contributed by atoms with E-state index in [1.165, 1.54) is 10.8 Å². The van der Waals surface area contributed by atoms with Crippen LogP contribution in [0, 0.1) is 0 Å². The maximum Gasteiger partial charge on any atom is 0.227 e. The molecule has 0 saturated carbocycles. The molecule has 0 bridgehead atoms. The highest BCUT2D eigenvalue weighted by molar-refractivity contribution is 6.11. The fourth-order valence-corrected chi connectivity index (χ4v) is 6.92. The molecule has 0 atom stereocenters. The van der Waals surface area contributed by atoms with Crippen molar-refractivity contribution in [2.75, 3.05) is 0 Å². The molecule has 6 aromatic carbocycles. The summed E-state index contributed by atoms with van der Waals surface area (Å²) < 4.78 is 8.49. The third kappa shape index (κ3) is 4.06. The van der Waals surface area contributed by atoms with Gasteiger partial charge in [0.1, 0.15) is 11.3 Å². The number of hydrogen-bond donors (Lipinski definition) is 0. The van der Waals surface area contributed by atoms with Crippen LogP contribution in [0.5, 0.6) is 0 Å². The van der Waals surface area contributed by atoms with E-state index in [9.17, 15) is 0 Å². The molecule has 0 aliphatic heterocycles. The maximum atomic E-state index is 6.13. The predicted molar refractivity (Wildman–Crippen MR) is 193 cm³/mol. The van der Waals surface area contributed by atoms with E-state index in [4.69, 9.17) is 24.4 Å². The molecule has 6 heteroatoms. The third-order valence-electron chi connectivity index (χ3n) is 9.10. The average Bonchev–Trinajstić information content (AvgIpc) is 3.70. The van der Waals surface area contributed by atoms with Gasteiger partial charge in [0, 0.05) is 38.1 Å². The third-order valence-corrected chi connectivity index (χ3v) is 9.10. The lowest BCUT2D eigenvalue weighted by atomic mass is 10.0. The van der Waals surface area contributed by atoms with E-state index in [2.05, 4.69) is 89.5 Å². The van der Waals surface area contributed by atoms with Gasteiger partial charge in [0.25, 0.3) is 0 Å². The summed E-state index contributed by atoms with van der Waals surface area (Å²) in [5.74, 6) is 1.64. The summed E-state index contributed by atoms with van der Waals surface area (Å²) in [6.45, 7) is 0. The Morgan fingerprint density at radius 1 is 0.396 bits per heavy atom. The quantitative estimate of drug-likeness (QED) is 0.197. The lowest BCUT2D eigenvalue weighted by molar-refractivity contribution is 0.654. The molecule has 10 aromatic rings. The van der Waals surface area contributed by atoms with E-state index in [1.54, 1.807) is 0 Å². The minimum atomic E-state index is 0.483. The molecule has 48 heavy (non-hydrogen) atoms. The lowest BCUT2D eigenvalue weighted by Gasteiger charge is -2.14. The molecule has 0 fully saturated rings. The maximum absolute atomic E-state index is 6.13. The summed E-state index contributed by atoms with van der Waals surface area (Å²) in [6, 6.07) is 51.9. The molecule has 0 radical (unpaired) electrons. The molecular formula is C42H25N5O. The van der Waals surface area contributed by atoms with Crippen molar-refractivity contribution in [3.63, 3.8) is 0 Å². The van der Waals surface area contributed by atoms with Gasteiger partial charge in [-0.1, -0.05) is 115 Å². The van der Waals surface area contributed by atoms with Crippen LogP contribution >= 0.6 is 0 Å². The molecule has 0 saturated heterocycles. The summed E-state index contributed by atoms with van der Waals surface area (Å²) in [7, 11) is 0. The van der Waals surface area contributed by atoms with Gasteiger partial charge in [0.05, 0.1) is 16.7 Å². The Balaban J connectivity index is 1.20. The van der Waals surface area contributed by atoms with Gasteiger partial charge in [-0.3, -0.25) is 0 Å². The van der Waals surface area contributed by atoms with Gasteiger partial charge in [0.15, 0.2) is 17.5 Å². The first-order valence-corrected chi connectivity index (χ1v) is 15.9. The van der Waals surface area contributed by atoms with Crippen LogP contribution in [0.3, 0.4) is 0 Å². The lowest BCUT2D eigenvalue weighted by Crippen LogP contribution is -2.02. The average molecular weight is 616 g/mol. The van der Waals surface area contributed by atoms with Crippen molar-refractivity contribution < 1.29 is 4.42 Å². The predicted octanol–water partition coefficient (Wildman–Crippen LogP) is 10.4. The Bertz CT molecular complexity index is 2800. The number of pyridine rings is 1. The summed E-state index contributed by atoms with van der Waals surface area (Å²) in [5, 5.41) is 6.59. The van der Waals surface area contributed by atoms with Gasteiger partial charge in [0.2, 0.25) is 5.71 Å². The Kier molecular flexibility index (Phi) is 5.77. The van der Waals surface area contributed by atoms with Crippen molar-refractivity contribution in [2.24, 2.45) is 0 Å². The molecule has 6 nitrogen and oxygen atoms in total. The van der Waals surface area contributed by atoms with Gasteiger partial charge in [-0.15, -0.1) is 0 Å². The number of rotatable bonds is 4. The molecule has 0 aliphatic carbocycles. The Labute approximate surface area is 274 Å². The minimum Gasteiger partial charge on any atom is -0.438 e. The zero-order chi connectivity index (χ0) is 31.6. The molecular weight excluding hydrogens is 590 g/mol. The first-order valence-electron chi connectivity index (χ1n) is 15.9. The van der Waals surface area contributed by atoms with Gasteiger partial charge in [-0.2, -0.15) is 0 Å². The van der Waals surface area contributed by atoms with Crippen molar-refractivity contribution in [3.8, 4) is 40.0 Å². The number of hydrogen-bond acceptors (Lipinski definition) is 5. The van der Waals surface area contributed by atoms with E-state index < -0.39 is 0 Å². The molecule has 4 heterocycles. The Morgan fingerprint density at radius 2 is 1.02 bits per heavy atom. The normalized spacial score (nSPS) is 11.8. The molecule has 10 rings (SSSR count). The van der Waals surface area contributed by atoms with E-state index in [0.29, 0.717) is 28.9 Å². The molecule has 0 amide bonds. The second-order valence-electron chi connectivity index (χ2n) is 11.9. The van der Waals surface area contributed by atoms with Crippen LogP contribution in [0.25, 0.3) is 94.6 Å². The standard InChI is InChI=1S/C42H25N5O/c1-2-12-26(13-3-1)39-44-40(46-41(45-39)34-25-24-33-31-16-6-9-23-38(31)48-42(33)43-34)32-19-10-18-28-27(32)17-11-22-37(28)47-35-20-7-4-14-29(35)30-15-5-8-21-36(30)47/h1-25H. The van der Waals surface area contributed by atoms with Crippen LogP contribution in [0.2, 0.25) is 0 Å². The van der Waals surface area contributed by atoms with Gasteiger partial charge in [-0.25, -0.2) is 19.9 Å². The smallest absolute Gasteiger partial charge is 0.227 e. The summed E-state index contributed by atoms with van der Waals surface area (Å²) >= 11 is 0. The van der Waals surface area contributed by atoms with E-state index in [0.717, 1.165) is 55.0 Å². The number of aromatic nitrogens is 5. The molecule has 0 N–H and O–H groups in total. The van der Waals surface area contributed by atoms with Crippen molar-refractivity contribution in [3.05, 3.63) is 152 Å². The number of benzene rings is 6. The monoisotopic (exact) mass is 615 g/mol. The molecule has 0 aliphatic rings. The summed E-state index contributed by atoms with van der Waals surface area (Å²) in [4.78, 5) is 20.0. The van der Waals surface area contributed by atoms with Crippen LogP contribution in [-0.4, -0.2) is 24.5 Å². The van der Waals surface area contributed by atoms with Crippen LogP contribution in [-0.2, 0) is 0 Å². The second kappa shape index (κ2) is 10.4. The topological polar surface area (TPSA) is 69.6 Å². The van der Waals surface area contributed by atoms with Crippen LogP contribution in [0.15, 0.2) is 156 Å². The number of fused-ring (bicyclic) bond motifs is 7. The highest BCUT2D eigenvalue weighted by atomic mass is 16.3. The van der Waals surface area contributed by atoms with Crippen LogP contribution < -0.4 is 0 Å². The van der Waals surface area contributed by atoms with Gasteiger partial charge >= 0.3 is 0 Å². The van der Waals surface area contributed by atoms with E-state index in [1.807, 2.05) is 66.7 Å².